The van der Waals surface area contributed by atoms with E-state index >= 15 is 0 Å². The summed E-state index contributed by atoms with van der Waals surface area (Å²) in [5, 5.41) is 0. The second kappa shape index (κ2) is 10.9. The summed E-state index contributed by atoms with van der Waals surface area (Å²) in [4.78, 5) is 2.30. The van der Waals surface area contributed by atoms with Gasteiger partial charge in [-0.05, 0) is 36.8 Å². The molecule has 0 N–H and O–H groups in total. The highest BCUT2D eigenvalue weighted by Crippen LogP contribution is 2.48. The van der Waals surface area contributed by atoms with Crippen LogP contribution in [-0.4, -0.2) is 14.2 Å². The molecule has 0 fully saturated rings. The molecular weight excluding hydrogens is 383 g/mol. The standard InChI is InChI=1S/C20H18BN2O2.3C2H6/c1-13-17(24-3)11-10-15-14-7-4-5-8-16(14)21-23(19(13)15)20-18(25-21)9-6-12-22(20)2;3*1-2/h4-12H,1-3H3;3*1-2H3/q+1;;;. The number of benzene rings is 2. The lowest BCUT2D eigenvalue weighted by atomic mass is 9.64. The quantitative estimate of drug-likeness (QED) is 0.368. The first-order valence-electron chi connectivity index (χ1n) is 11.4. The molecule has 0 saturated heterocycles. The Morgan fingerprint density at radius 3 is 2.23 bits per heavy atom. The summed E-state index contributed by atoms with van der Waals surface area (Å²) in [5.41, 5.74) is 5.91. The van der Waals surface area contributed by atoms with E-state index in [0.717, 1.165) is 28.6 Å². The SMILES string of the molecule is CC.CC.CC.COc1ccc2c(c1C)N1B(Oc3ccc[n+](C)c31)c1ccccc1-2. The van der Waals surface area contributed by atoms with Crippen molar-refractivity contribution in [3.63, 3.8) is 0 Å². The van der Waals surface area contributed by atoms with Crippen molar-refractivity contribution in [1.29, 1.82) is 0 Å². The van der Waals surface area contributed by atoms with Gasteiger partial charge in [-0.3, -0.25) is 0 Å². The second-order valence-electron chi connectivity index (χ2n) is 6.52. The molecule has 2 aliphatic rings. The highest BCUT2D eigenvalue weighted by atomic mass is 16.5. The van der Waals surface area contributed by atoms with Crippen LogP contribution >= 0.6 is 0 Å². The smallest absolute Gasteiger partial charge is 0.512 e. The molecule has 0 atom stereocenters. The van der Waals surface area contributed by atoms with Crippen molar-refractivity contribution in [1.82, 2.24) is 0 Å². The summed E-state index contributed by atoms with van der Waals surface area (Å²) in [6.07, 6.45) is 2.06. The lowest BCUT2D eigenvalue weighted by Gasteiger charge is -2.27. The Bertz CT molecular complexity index is 1020. The van der Waals surface area contributed by atoms with E-state index in [0.29, 0.717) is 0 Å². The Balaban J connectivity index is 0.000000527. The number of hydrogen-bond acceptors (Lipinski definition) is 3. The number of ether oxygens (including phenoxy) is 1. The highest BCUT2D eigenvalue weighted by molar-refractivity contribution is 6.77. The maximum absolute atomic E-state index is 6.37. The van der Waals surface area contributed by atoms with Crippen molar-refractivity contribution in [3.05, 3.63) is 60.3 Å². The average Bonchev–Trinajstić information content (AvgIpc) is 3.24. The molecule has 2 aliphatic heterocycles. The number of pyridine rings is 1. The van der Waals surface area contributed by atoms with Gasteiger partial charge in [0, 0.05) is 16.6 Å². The van der Waals surface area contributed by atoms with Crippen molar-refractivity contribution in [2.24, 2.45) is 7.05 Å². The third-order valence-electron chi connectivity index (χ3n) is 5.17. The molecule has 0 bridgehead atoms. The summed E-state index contributed by atoms with van der Waals surface area (Å²) < 4.78 is 14.1. The first-order chi connectivity index (χ1) is 15.2. The molecule has 1 aromatic heterocycles. The van der Waals surface area contributed by atoms with Crippen molar-refractivity contribution in [3.8, 4) is 22.6 Å². The van der Waals surface area contributed by atoms with Crippen molar-refractivity contribution in [2.45, 2.75) is 48.5 Å². The van der Waals surface area contributed by atoms with Crippen LogP contribution in [0.2, 0.25) is 0 Å². The van der Waals surface area contributed by atoms with Crippen LogP contribution in [0, 0.1) is 6.92 Å². The average molecular weight is 419 g/mol. The van der Waals surface area contributed by atoms with Gasteiger partial charge in [0.05, 0.1) is 20.4 Å². The molecule has 5 rings (SSSR count). The van der Waals surface area contributed by atoms with Gasteiger partial charge in [0.15, 0.2) is 5.75 Å². The number of methoxy groups -OCH3 is 1. The van der Waals surface area contributed by atoms with Gasteiger partial charge in [-0.25, -0.2) is 9.38 Å². The molecule has 3 heterocycles. The molecule has 164 valence electrons. The topological polar surface area (TPSA) is 25.6 Å². The lowest BCUT2D eigenvalue weighted by Crippen LogP contribution is -2.52. The predicted molar refractivity (Wildman–Crippen MR) is 133 cm³/mol. The first-order valence-corrected chi connectivity index (χ1v) is 11.4. The van der Waals surface area contributed by atoms with Gasteiger partial charge in [-0.15, -0.1) is 0 Å². The zero-order valence-corrected chi connectivity index (χ0v) is 20.5. The molecule has 0 amide bonds. The van der Waals surface area contributed by atoms with E-state index in [1.54, 1.807) is 7.11 Å². The van der Waals surface area contributed by atoms with Crippen molar-refractivity contribution >= 4 is 24.0 Å². The summed E-state index contributed by atoms with van der Waals surface area (Å²) in [6, 6.07) is 16.7. The van der Waals surface area contributed by atoms with Crippen LogP contribution in [0.15, 0.2) is 54.7 Å². The largest absolute Gasteiger partial charge is 0.648 e. The number of aromatic nitrogens is 1. The predicted octanol–water partition coefficient (Wildman–Crippen LogP) is 5.81. The van der Waals surface area contributed by atoms with Crippen LogP contribution in [0.5, 0.6) is 11.5 Å². The number of hydrogen-bond donors (Lipinski definition) is 0. The fraction of sp³-hybridized carbons (Fsp3) is 0.346. The monoisotopic (exact) mass is 419 g/mol. The number of fused-ring (bicyclic) bond motifs is 8. The van der Waals surface area contributed by atoms with Gasteiger partial charge < -0.3 is 9.39 Å². The zero-order valence-electron chi connectivity index (χ0n) is 20.5. The Morgan fingerprint density at radius 2 is 1.55 bits per heavy atom. The molecule has 0 saturated carbocycles. The molecule has 2 aromatic carbocycles. The minimum absolute atomic E-state index is 0.155. The van der Waals surface area contributed by atoms with E-state index in [1.165, 1.54) is 16.6 Å². The Kier molecular flexibility index (Phi) is 8.55. The third kappa shape index (κ3) is 4.01. The van der Waals surface area contributed by atoms with Crippen LogP contribution in [0.3, 0.4) is 0 Å². The molecule has 5 heteroatoms. The number of aryl methyl sites for hydroxylation is 1. The van der Waals surface area contributed by atoms with Gasteiger partial charge in [-0.2, -0.15) is 0 Å². The van der Waals surface area contributed by atoms with E-state index in [1.807, 2.05) is 59.7 Å². The maximum Gasteiger partial charge on any atom is 0.648 e. The van der Waals surface area contributed by atoms with Gasteiger partial charge in [0.2, 0.25) is 0 Å². The van der Waals surface area contributed by atoms with Crippen LogP contribution in [0.4, 0.5) is 11.5 Å². The van der Waals surface area contributed by atoms with Crippen molar-refractivity contribution in [2.75, 3.05) is 11.9 Å². The van der Waals surface area contributed by atoms with E-state index in [9.17, 15) is 0 Å². The number of rotatable bonds is 1. The zero-order chi connectivity index (χ0) is 23.1. The van der Waals surface area contributed by atoms with Crippen LogP contribution in [0.25, 0.3) is 11.1 Å². The second-order valence-corrected chi connectivity index (χ2v) is 6.52. The van der Waals surface area contributed by atoms with Crippen LogP contribution in [0.1, 0.15) is 47.1 Å². The molecule has 4 nitrogen and oxygen atoms in total. The van der Waals surface area contributed by atoms with Gasteiger partial charge in [0.1, 0.15) is 11.4 Å². The van der Waals surface area contributed by atoms with Crippen LogP contribution < -0.4 is 24.2 Å². The molecule has 31 heavy (non-hydrogen) atoms. The normalized spacial score (nSPS) is 11.5. The van der Waals surface area contributed by atoms with Gasteiger partial charge in [-0.1, -0.05) is 65.8 Å². The fourth-order valence-corrected chi connectivity index (χ4v) is 4.06. The summed E-state index contributed by atoms with van der Waals surface area (Å²) in [7, 11) is 3.62. The minimum atomic E-state index is -0.155. The minimum Gasteiger partial charge on any atom is -0.512 e. The summed E-state index contributed by atoms with van der Waals surface area (Å²) >= 11 is 0. The Hall–Kier alpha value is -2.95. The number of nitrogens with zero attached hydrogens (tertiary/aromatic N) is 2. The van der Waals surface area contributed by atoms with Gasteiger partial charge >= 0.3 is 12.9 Å². The lowest BCUT2D eigenvalue weighted by molar-refractivity contribution is -0.657. The van der Waals surface area contributed by atoms with Crippen LogP contribution in [-0.2, 0) is 7.05 Å². The maximum atomic E-state index is 6.37. The summed E-state index contributed by atoms with van der Waals surface area (Å²) in [5.74, 6) is 2.86. The third-order valence-corrected chi connectivity index (χ3v) is 5.17. The van der Waals surface area contributed by atoms with E-state index in [-0.39, 0.29) is 7.05 Å². The number of anilines is 2. The summed E-state index contributed by atoms with van der Waals surface area (Å²) in [6.45, 7) is 14.1. The van der Waals surface area contributed by atoms with Crippen molar-refractivity contribution < 1.29 is 14.0 Å². The van der Waals surface area contributed by atoms with E-state index in [4.69, 9.17) is 9.39 Å². The molecule has 0 spiro atoms. The molecular formula is C26H36BN2O2+. The molecule has 0 aliphatic carbocycles. The highest BCUT2D eigenvalue weighted by Gasteiger charge is 2.54. The molecule has 3 aromatic rings. The Morgan fingerprint density at radius 1 is 0.871 bits per heavy atom. The van der Waals surface area contributed by atoms with E-state index in [2.05, 4.69) is 59.9 Å². The first kappa shape index (κ1) is 24.3. The van der Waals surface area contributed by atoms with E-state index < -0.39 is 0 Å². The molecule has 0 unspecified atom stereocenters. The molecule has 0 radical (unpaired) electrons. The Labute approximate surface area is 188 Å². The fourth-order valence-electron chi connectivity index (χ4n) is 4.06. The van der Waals surface area contributed by atoms with Gasteiger partial charge in [0.25, 0.3) is 0 Å².